The van der Waals surface area contributed by atoms with Gasteiger partial charge >= 0.3 is 0 Å². The maximum atomic E-state index is 13.4. The van der Waals surface area contributed by atoms with Crippen LogP contribution in [0.25, 0.3) is 11.0 Å². The largest absolute Gasteiger partial charge is 0.507 e. The van der Waals surface area contributed by atoms with Crippen LogP contribution in [0.15, 0.2) is 34.9 Å². The Balaban J connectivity index is 1.17. The first-order valence-electron chi connectivity index (χ1n) is 12.4. The normalized spacial score (nSPS) is 22.7. The van der Waals surface area contributed by atoms with Crippen LogP contribution in [0.4, 0.5) is 4.39 Å². The van der Waals surface area contributed by atoms with Crippen molar-refractivity contribution in [3.63, 3.8) is 0 Å². The van der Waals surface area contributed by atoms with Gasteiger partial charge in [0.1, 0.15) is 11.6 Å². The number of nitrogens with two attached hydrogens (primary N) is 1. The van der Waals surface area contributed by atoms with Crippen LogP contribution >= 0.6 is 0 Å². The smallest absolute Gasteiger partial charge is 0.170 e. The molecule has 1 fully saturated rings. The molecule has 2 aliphatic rings. The Kier molecular flexibility index (Phi) is 6.60. The Labute approximate surface area is 199 Å². The standard InChI is InChI=1S/C27H34FN3O3/c1-16(11-23-21-6-4-19(28)12-25(21)34-30-23)15-31-9-7-18(8-10-31)24-13-22-20(26(14-29)33-24)5-3-17(2)27(22)32/h3-6,12,16,18,24,26,32H,7-11,13-15,29H2,1-2H3/t16?,24-,26-/m0/s1. The van der Waals surface area contributed by atoms with Crippen molar-refractivity contribution < 1.29 is 18.8 Å². The molecule has 2 aromatic carbocycles. The number of phenolic OH excluding ortho intramolecular Hbond substituents is 1. The Bertz CT molecular complexity index is 1160. The molecule has 0 radical (unpaired) electrons. The van der Waals surface area contributed by atoms with E-state index in [2.05, 4.69) is 23.0 Å². The minimum Gasteiger partial charge on any atom is -0.507 e. The summed E-state index contributed by atoms with van der Waals surface area (Å²) in [4.78, 5) is 2.52. The summed E-state index contributed by atoms with van der Waals surface area (Å²) in [5.74, 6) is 0.968. The van der Waals surface area contributed by atoms with E-state index in [0.29, 0.717) is 29.7 Å². The molecule has 3 atom stereocenters. The summed E-state index contributed by atoms with van der Waals surface area (Å²) >= 11 is 0. The van der Waals surface area contributed by atoms with Crippen molar-refractivity contribution in [1.82, 2.24) is 10.1 Å². The number of piperidine rings is 1. The van der Waals surface area contributed by atoms with Crippen molar-refractivity contribution in [3.05, 3.63) is 58.5 Å². The molecule has 0 amide bonds. The van der Waals surface area contributed by atoms with Gasteiger partial charge in [-0.25, -0.2) is 4.39 Å². The maximum Gasteiger partial charge on any atom is 0.170 e. The predicted octanol–water partition coefficient (Wildman–Crippen LogP) is 4.51. The second kappa shape index (κ2) is 9.64. The number of aryl methyl sites for hydroxylation is 1. The number of ether oxygens (including phenoxy) is 1. The first-order chi connectivity index (χ1) is 16.4. The van der Waals surface area contributed by atoms with Gasteiger partial charge in [-0.05, 0) is 74.4 Å². The minimum atomic E-state index is -0.306. The highest BCUT2D eigenvalue weighted by Crippen LogP contribution is 2.40. The number of benzene rings is 2. The topological polar surface area (TPSA) is 84.8 Å². The summed E-state index contributed by atoms with van der Waals surface area (Å²) in [5.41, 5.74) is 10.4. The molecular weight excluding hydrogens is 433 g/mol. The molecule has 1 aromatic heterocycles. The van der Waals surface area contributed by atoms with Crippen LogP contribution in [0.1, 0.15) is 48.3 Å². The van der Waals surface area contributed by atoms with Gasteiger partial charge in [-0.15, -0.1) is 0 Å². The van der Waals surface area contributed by atoms with E-state index in [4.69, 9.17) is 15.0 Å². The third-order valence-corrected chi connectivity index (χ3v) is 7.60. The summed E-state index contributed by atoms with van der Waals surface area (Å²) in [7, 11) is 0. The van der Waals surface area contributed by atoms with E-state index in [9.17, 15) is 9.50 Å². The molecule has 0 bridgehead atoms. The Morgan fingerprint density at radius 1 is 1.24 bits per heavy atom. The van der Waals surface area contributed by atoms with Crippen molar-refractivity contribution in [1.29, 1.82) is 0 Å². The monoisotopic (exact) mass is 467 g/mol. The van der Waals surface area contributed by atoms with Gasteiger partial charge in [0.05, 0.1) is 17.9 Å². The van der Waals surface area contributed by atoms with Crippen LogP contribution in [-0.2, 0) is 17.6 Å². The predicted molar refractivity (Wildman–Crippen MR) is 129 cm³/mol. The van der Waals surface area contributed by atoms with E-state index in [1.165, 1.54) is 12.1 Å². The van der Waals surface area contributed by atoms with E-state index in [1.54, 1.807) is 6.07 Å². The van der Waals surface area contributed by atoms with E-state index in [0.717, 1.165) is 73.1 Å². The molecule has 7 heteroatoms. The van der Waals surface area contributed by atoms with Gasteiger partial charge in [0, 0.05) is 36.5 Å². The van der Waals surface area contributed by atoms with Crippen LogP contribution in [0, 0.1) is 24.6 Å². The third kappa shape index (κ3) is 4.57. The molecular formula is C27H34FN3O3. The average molecular weight is 468 g/mol. The fourth-order valence-corrected chi connectivity index (χ4v) is 5.73. The number of hydrogen-bond acceptors (Lipinski definition) is 6. The maximum absolute atomic E-state index is 13.4. The van der Waals surface area contributed by atoms with Gasteiger partial charge in [-0.2, -0.15) is 0 Å². The molecule has 34 heavy (non-hydrogen) atoms. The van der Waals surface area contributed by atoms with Crippen LogP contribution in [0.5, 0.6) is 5.75 Å². The van der Waals surface area contributed by atoms with E-state index >= 15 is 0 Å². The summed E-state index contributed by atoms with van der Waals surface area (Å²) in [6.45, 7) is 7.64. The molecule has 6 nitrogen and oxygen atoms in total. The molecule has 0 saturated carbocycles. The Morgan fingerprint density at radius 3 is 2.79 bits per heavy atom. The number of aromatic nitrogens is 1. The summed E-state index contributed by atoms with van der Waals surface area (Å²) in [5, 5.41) is 15.7. The number of likely N-dealkylation sites (tertiary alicyclic amines) is 1. The first kappa shape index (κ1) is 23.3. The van der Waals surface area contributed by atoms with Gasteiger partial charge in [0.25, 0.3) is 0 Å². The van der Waals surface area contributed by atoms with E-state index in [-0.39, 0.29) is 18.0 Å². The second-order valence-corrected chi connectivity index (χ2v) is 10.1. The van der Waals surface area contributed by atoms with Gasteiger partial charge in [-0.1, -0.05) is 24.2 Å². The fraction of sp³-hybridized carbons (Fsp3) is 0.519. The zero-order valence-electron chi connectivity index (χ0n) is 20.0. The van der Waals surface area contributed by atoms with Gasteiger partial charge in [-0.3, -0.25) is 0 Å². The Morgan fingerprint density at radius 2 is 2.03 bits per heavy atom. The van der Waals surface area contributed by atoms with E-state index < -0.39 is 0 Å². The van der Waals surface area contributed by atoms with Crippen molar-refractivity contribution in [2.45, 2.75) is 51.7 Å². The fourth-order valence-electron chi connectivity index (χ4n) is 5.73. The number of hydrogen-bond donors (Lipinski definition) is 2. The minimum absolute atomic E-state index is 0.0928. The number of nitrogens with zero attached hydrogens (tertiary/aromatic N) is 2. The number of aromatic hydroxyl groups is 1. The Hall–Kier alpha value is -2.48. The summed E-state index contributed by atoms with van der Waals surface area (Å²) in [6.07, 6.45) is 3.64. The molecule has 1 unspecified atom stereocenters. The molecule has 3 aromatic rings. The van der Waals surface area contributed by atoms with Crippen molar-refractivity contribution >= 4 is 11.0 Å². The van der Waals surface area contributed by atoms with Gasteiger partial charge in [0.2, 0.25) is 0 Å². The first-order valence-corrected chi connectivity index (χ1v) is 12.4. The number of rotatable bonds is 6. The number of phenols is 1. The molecule has 0 spiro atoms. The molecule has 2 aliphatic heterocycles. The number of fused-ring (bicyclic) bond motifs is 2. The summed E-state index contributed by atoms with van der Waals surface area (Å²) in [6, 6.07) is 8.60. The molecule has 0 aliphatic carbocycles. The third-order valence-electron chi connectivity index (χ3n) is 7.60. The van der Waals surface area contributed by atoms with Gasteiger partial charge < -0.3 is 25.0 Å². The number of halogens is 1. The highest BCUT2D eigenvalue weighted by molar-refractivity contribution is 5.79. The van der Waals surface area contributed by atoms with E-state index in [1.807, 2.05) is 13.0 Å². The van der Waals surface area contributed by atoms with Crippen LogP contribution in [0.3, 0.4) is 0 Å². The average Bonchev–Trinajstić information content (AvgIpc) is 3.22. The quantitative estimate of drug-likeness (QED) is 0.555. The second-order valence-electron chi connectivity index (χ2n) is 10.1. The lowest BCUT2D eigenvalue weighted by Crippen LogP contribution is -2.43. The van der Waals surface area contributed by atoms with Crippen LogP contribution < -0.4 is 5.73 Å². The molecule has 3 N–H and O–H groups in total. The molecule has 5 rings (SSSR count). The zero-order valence-corrected chi connectivity index (χ0v) is 20.0. The molecule has 182 valence electrons. The highest BCUT2D eigenvalue weighted by atomic mass is 19.1. The van der Waals surface area contributed by atoms with Crippen molar-refractivity contribution in [3.8, 4) is 5.75 Å². The van der Waals surface area contributed by atoms with Gasteiger partial charge in [0.15, 0.2) is 5.58 Å². The zero-order chi connectivity index (χ0) is 23.8. The lowest BCUT2D eigenvalue weighted by atomic mass is 9.83. The molecule has 3 heterocycles. The van der Waals surface area contributed by atoms with Crippen molar-refractivity contribution in [2.75, 3.05) is 26.2 Å². The van der Waals surface area contributed by atoms with Crippen molar-refractivity contribution in [2.24, 2.45) is 17.6 Å². The lowest BCUT2D eigenvalue weighted by Gasteiger charge is -2.41. The SMILES string of the molecule is Cc1ccc2c(c1O)C[C@@H](C1CCN(CC(C)Cc3noc4cc(F)ccc34)CC1)O[C@H]2CN. The van der Waals surface area contributed by atoms with Crippen LogP contribution in [-0.4, -0.2) is 47.4 Å². The summed E-state index contributed by atoms with van der Waals surface area (Å²) < 4.78 is 25.2. The molecule has 1 saturated heterocycles. The van der Waals surface area contributed by atoms with Crippen LogP contribution in [0.2, 0.25) is 0 Å². The lowest BCUT2D eigenvalue weighted by molar-refractivity contribution is -0.0652. The highest BCUT2D eigenvalue weighted by Gasteiger charge is 2.35.